The molecular formula is C17H19BrN2O2. The van der Waals surface area contributed by atoms with Crippen molar-refractivity contribution < 1.29 is 0 Å². The Kier molecular flexibility index (Phi) is 4.62. The molecule has 1 aromatic heterocycles. The van der Waals surface area contributed by atoms with Crippen LogP contribution >= 0.6 is 15.9 Å². The maximum atomic E-state index is 12.3. The Hall–Kier alpha value is -1.62. The van der Waals surface area contributed by atoms with Gasteiger partial charge in [0.15, 0.2) is 0 Å². The van der Waals surface area contributed by atoms with E-state index in [-0.39, 0.29) is 0 Å². The molecule has 5 heteroatoms. The summed E-state index contributed by atoms with van der Waals surface area (Å²) >= 11 is 3.36. The molecule has 22 heavy (non-hydrogen) atoms. The van der Waals surface area contributed by atoms with Gasteiger partial charge in [-0.2, -0.15) is 0 Å². The second kappa shape index (κ2) is 6.65. The normalized spacial score (nSPS) is 15.9. The lowest BCUT2D eigenvalue weighted by molar-refractivity contribution is 0.315. The van der Waals surface area contributed by atoms with E-state index < -0.39 is 11.1 Å². The van der Waals surface area contributed by atoms with Gasteiger partial charge in [0.2, 0.25) is 0 Å². The monoisotopic (exact) mass is 362 g/mol. The first kappa shape index (κ1) is 15.3. The van der Waals surface area contributed by atoms with Gasteiger partial charge in [0.1, 0.15) is 0 Å². The molecule has 1 saturated carbocycles. The number of aromatic nitrogens is 2. The molecule has 0 saturated heterocycles. The summed E-state index contributed by atoms with van der Waals surface area (Å²) in [4.78, 5) is 24.7. The number of rotatable bonds is 3. The van der Waals surface area contributed by atoms with E-state index in [1.165, 1.54) is 23.8 Å². The van der Waals surface area contributed by atoms with Crippen LogP contribution in [-0.4, -0.2) is 9.13 Å². The van der Waals surface area contributed by atoms with Crippen molar-refractivity contribution in [3.05, 3.63) is 61.8 Å². The molecule has 0 unspecified atom stereocenters. The summed E-state index contributed by atoms with van der Waals surface area (Å²) in [6, 6.07) is 7.34. The maximum absolute atomic E-state index is 12.3. The fraction of sp³-hybridized carbons (Fsp3) is 0.412. The Balaban J connectivity index is 1.89. The van der Waals surface area contributed by atoms with E-state index in [1.54, 1.807) is 17.0 Å². The average molecular weight is 363 g/mol. The molecule has 1 aliphatic carbocycles. The van der Waals surface area contributed by atoms with E-state index in [1.807, 2.05) is 24.3 Å². The van der Waals surface area contributed by atoms with Gasteiger partial charge < -0.3 is 4.57 Å². The van der Waals surface area contributed by atoms with Gasteiger partial charge >= 0.3 is 11.1 Å². The second-order valence-electron chi connectivity index (χ2n) is 5.91. The largest absolute Gasteiger partial charge is 0.320 e. The van der Waals surface area contributed by atoms with Crippen LogP contribution in [0, 0.1) is 5.92 Å². The van der Waals surface area contributed by atoms with E-state index in [9.17, 15) is 9.59 Å². The van der Waals surface area contributed by atoms with Crippen molar-refractivity contribution >= 4 is 15.9 Å². The van der Waals surface area contributed by atoms with E-state index >= 15 is 0 Å². The van der Waals surface area contributed by atoms with E-state index in [0.717, 1.165) is 17.3 Å². The molecular weight excluding hydrogens is 344 g/mol. The summed E-state index contributed by atoms with van der Waals surface area (Å²) in [5.74, 6) is 0.523. The van der Waals surface area contributed by atoms with Gasteiger partial charge in [0, 0.05) is 29.1 Å². The Morgan fingerprint density at radius 2 is 1.64 bits per heavy atom. The van der Waals surface area contributed by atoms with Crippen molar-refractivity contribution in [2.45, 2.75) is 38.6 Å². The van der Waals surface area contributed by atoms with E-state index in [2.05, 4.69) is 15.9 Å². The smallest absolute Gasteiger partial charge is 0.309 e. The van der Waals surface area contributed by atoms with Gasteiger partial charge in [0.05, 0.1) is 0 Å². The molecule has 2 aromatic rings. The lowest BCUT2D eigenvalue weighted by atomic mass is 9.89. The molecule has 116 valence electrons. The molecule has 0 aliphatic heterocycles. The summed E-state index contributed by atoms with van der Waals surface area (Å²) in [5.41, 5.74) is -0.216. The Morgan fingerprint density at radius 3 is 2.32 bits per heavy atom. The Labute approximate surface area is 137 Å². The summed E-state index contributed by atoms with van der Waals surface area (Å²) in [6.45, 7) is 0.662. The van der Waals surface area contributed by atoms with Crippen LogP contribution in [0.5, 0.6) is 0 Å². The summed E-state index contributed by atoms with van der Waals surface area (Å²) in [6.07, 6.45) is 9.49. The van der Waals surface area contributed by atoms with Crippen molar-refractivity contribution in [3.8, 4) is 5.69 Å². The van der Waals surface area contributed by atoms with Crippen LogP contribution in [0.4, 0.5) is 0 Å². The Morgan fingerprint density at radius 1 is 0.955 bits per heavy atom. The van der Waals surface area contributed by atoms with Crippen LogP contribution in [0.1, 0.15) is 32.1 Å². The van der Waals surface area contributed by atoms with Gasteiger partial charge in [-0.1, -0.05) is 35.2 Å². The first-order valence-corrected chi connectivity index (χ1v) is 8.52. The summed E-state index contributed by atoms with van der Waals surface area (Å²) in [7, 11) is 0. The molecule has 1 aromatic carbocycles. The summed E-state index contributed by atoms with van der Waals surface area (Å²) in [5, 5.41) is 0. The van der Waals surface area contributed by atoms with Crippen LogP contribution in [0.25, 0.3) is 5.69 Å². The minimum absolute atomic E-state index is 0.434. The molecule has 0 N–H and O–H groups in total. The fourth-order valence-electron chi connectivity index (χ4n) is 3.11. The van der Waals surface area contributed by atoms with Crippen molar-refractivity contribution in [1.29, 1.82) is 0 Å². The SMILES string of the molecule is O=c1c(=O)n(-c2ccc(Br)cc2)ccn1CC1CCCCC1. The van der Waals surface area contributed by atoms with Gasteiger partial charge in [-0.05, 0) is 43.0 Å². The van der Waals surface area contributed by atoms with Crippen LogP contribution in [0.3, 0.4) is 0 Å². The summed E-state index contributed by atoms with van der Waals surface area (Å²) < 4.78 is 3.93. The molecule has 4 nitrogen and oxygen atoms in total. The zero-order valence-electron chi connectivity index (χ0n) is 12.4. The first-order chi connectivity index (χ1) is 10.6. The predicted molar refractivity (Wildman–Crippen MR) is 90.6 cm³/mol. The highest BCUT2D eigenvalue weighted by molar-refractivity contribution is 9.10. The quantitative estimate of drug-likeness (QED) is 0.785. The number of benzene rings is 1. The lowest BCUT2D eigenvalue weighted by Gasteiger charge is -2.22. The average Bonchev–Trinajstić information content (AvgIpc) is 2.54. The van der Waals surface area contributed by atoms with Crippen molar-refractivity contribution in [2.24, 2.45) is 5.92 Å². The second-order valence-corrected chi connectivity index (χ2v) is 6.83. The first-order valence-electron chi connectivity index (χ1n) is 7.73. The third-order valence-electron chi connectivity index (χ3n) is 4.34. The highest BCUT2D eigenvalue weighted by Crippen LogP contribution is 2.24. The number of hydrogen-bond acceptors (Lipinski definition) is 2. The minimum atomic E-state index is -0.486. The zero-order valence-corrected chi connectivity index (χ0v) is 14.0. The predicted octanol–water partition coefficient (Wildman–Crippen LogP) is 3.34. The fourth-order valence-corrected chi connectivity index (χ4v) is 3.37. The van der Waals surface area contributed by atoms with Crippen molar-refractivity contribution in [1.82, 2.24) is 9.13 Å². The van der Waals surface area contributed by atoms with Gasteiger partial charge in [-0.3, -0.25) is 14.2 Å². The number of nitrogens with zero attached hydrogens (tertiary/aromatic N) is 2. The van der Waals surface area contributed by atoms with Crippen molar-refractivity contribution in [2.75, 3.05) is 0 Å². The molecule has 0 amide bonds. The third-order valence-corrected chi connectivity index (χ3v) is 4.87. The molecule has 0 atom stereocenters. The Bertz CT molecular complexity index is 755. The van der Waals surface area contributed by atoms with Crippen LogP contribution in [0.2, 0.25) is 0 Å². The van der Waals surface area contributed by atoms with Crippen LogP contribution in [-0.2, 0) is 6.54 Å². The van der Waals surface area contributed by atoms with Gasteiger partial charge in [0.25, 0.3) is 0 Å². The molecule has 0 spiro atoms. The molecule has 1 fully saturated rings. The van der Waals surface area contributed by atoms with Crippen LogP contribution < -0.4 is 11.1 Å². The molecule has 3 rings (SSSR count). The van der Waals surface area contributed by atoms with Gasteiger partial charge in [-0.25, -0.2) is 0 Å². The molecule has 0 bridgehead atoms. The third kappa shape index (κ3) is 3.24. The topological polar surface area (TPSA) is 44.0 Å². The van der Waals surface area contributed by atoms with Crippen molar-refractivity contribution in [3.63, 3.8) is 0 Å². The molecule has 0 radical (unpaired) electrons. The maximum Gasteiger partial charge on any atom is 0.320 e. The lowest BCUT2D eigenvalue weighted by Crippen LogP contribution is -2.41. The van der Waals surface area contributed by atoms with E-state index in [4.69, 9.17) is 0 Å². The van der Waals surface area contributed by atoms with Crippen LogP contribution in [0.15, 0.2) is 50.7 Å². The molecule has 1 aliphatic rings. The highest BCUT2D eigenvalue weighted by Gasteiger charge is 2.15. The number of halogens is 1. The highest BCUT2D eigenvalue weighted by atomic mass is 79.9. The molecule has 1 heterocycles. The van der Waals surface area contributed by atoms with E-state index in [0.29, 0.717) is 18.2 Å². The standard InChI is InChI=1S/C17H19BrN2O2/c18-14-6-8-15(9-7-14)20-11-10-19(16(21)17(20)22)12-13-4-2-1-3-5-13/h6-11,13H,1-5,12H2. The minimum Gasteiger partial charge on any atom is -0.309 e. The number of hydrogen-bond donors (Lipinski definition) is 0. The van der Waals surface area contributed by atoms with Gasteiger partial charge in [-0.15, -0.1) is 0 Å². The zero-order chi connectivity index (χ0) is 15.5.